The number of nitrogens with zero attached hydrogens (tertiary/aromatic N) is 2. The zero-order chi connectivity index (χ0) is 23.5. The van der Waals surface area contributed by atoms with Crippen LogP contribution in [0.1, 0.15) is 16.1 Å². The number of hydrogen-bond acceptors (Lipinski definition) is 8. The van der Waals surface area contributed by atoms with E-state index in [0.717, 1.165) is 5.56 Å². The first-order valence-electron chi connectivity index (χ1n) is 10.0. The maximum absolute atomic E-state index is 12.8. The number of furan rings is 1. The van der Waals surface area contributed by atoms with Crippen LogP contribution in [0.15, 0.2) is 34.7 Å². The molecule has 0 saturated heterocycles. The molecule has 2 heterocycles. The Labute approximate surface area is 188 Å². The number of carbonyl (C=O) groups is 1. The summed E-state index contributed by atoms with van der Waals surface area (Å²) in [5.41, 5.74) is 1.19. The van der Waals surface area contributed by atoms with Crippen LogP contribution in [0.4, 0.5) is 11.6 Å². The summed E-state index contributed by atoms with van der Waals surface area (Å²) in [6.07, 6.45) is 0. The van der Waals surface area contributed by atoms with Crippen LogP contribution < -0.4 is 30.0 Å². The van der Waals surface area contributed by atoms with Gasteiger partial charge in [0, 0.05) is 13.1 Å². The molecular formula is C22H28N4O5Si. The zero-order valence-electron chi connectivity index (χ0n) is 19.3. The molecule has 0 aliphatic rings. The Bertz CT molecular complexity index is 1100. The first-order chi connectivity index (χ1) is 15.2. The molecule has 0 aliphatic heterocycles. The van der Waals surface area contributed by atoms with Gasteiger partial charge in [-0.3, -0.25) is 4.79 Å². The van der Waals surface area contributed by atoms with Crippen LogP contribution in [0.25, 0.3) is 0 Å². The van der Waals surface area contributed by atoms with Gasteiger partial charge in [-0.25, -0.2) is 0 Å². The monoisotopic (exact) mass is 456 g/mol. The van der Waals surface area contributed by atoms with E-state index in [9.17, 15) is 4.79 Å². The second-order valence-corrected chi connectivity index (χ2v) is 13.2. The Balaban J connectivity index is 1.79. The summed E-state index contributed by atoms with van der Waals surface area (Å²) < 4.78 is 22.0. The van der Waals surface area contributed by atoms with Gasteiger partial charge >= 0.3 is 0 Å². The molecule has 0 bridgehead atoms. The number of rotatable bonds is 8. The van der Waals surface area contributed by atoms with E-state index in [0.29, 0.717) is 11.7 Å². The molecule has 3 rings (SSSR count). The van der Waals surface area contributed by atoms with Gasteiger partial charge in [0.05, 0.1) is 22.3 Å². The van der Waals surface area contributed by atoms with Crippen LogP contribution in [0.3, 0.4) is 0 Å². The highest BCUT2D eigenvalue weighted by Gasteiger charge is 2.22. The number of methoxy groups -OCH3 is 2. The standard InChI is InChI=1S/C22H28N4O5Si/c1-13-12-14(32(5,6)7)8-9-15(13)30-17-11-10-16(31-17)19(27)24-18-20(28-3)25-22(23-2)26-21(18)29-4/h8-12H,1-7H3,(H,24,27)(H,23,25,26). The van der Waals surface area contributed by atoms with Gasteiger partial charge < -0.3 is 29.3 Å². The highest BCUT2D eigenvalue weighted by Crippen LogP contribution is 2.33. The maximum atomic E-state index is 12.8. The van der Waals surface area contributed by atoms with Crippen molar-refractivity contribution in [3.63, 3.8) is 0 Å². The number of amides is 1. The van der Waals surface area contributed by atoms with Crippen LogP contribution in [0, 0.1) is 6.92 Å². The molecule has 0 fully saturated rings. The van der Waals surface area contributed by atoms with Gasteiger partial charge in [0.25, 0.3) is 11.9 Å². The van der Waals surface area contributed by atoms with Gasteiger partial charge in [0.15, 0.2) is 11.4 Å². The van der Waals surface area contributed by atoms with Crippen molar-refractivity contribution in [2.45, 2.75) is 26.6 Å². The highest BCUT2D eigenvalue weighted by atomic mass is 28.3. The van der Waals surface area contributed by atoms with E-state index in [1.807, 2.05) is 13.0 Å². The summed E-state index contributed by atoms with van der Waals surface area (Å²) in [7, 11) is 3.12. The molecule has 0 aliphatic carbocycles. The topological polar surface area (TPSA) is 108 Å². The molecule has 32 heavy (non-hydrogen) atoms. The number of hydrogen-bond donors (Lipinski definition) is 2. The molecule has 9 nitrogen and oxygen atoms in total. The lowest BCUT2D eigenvalue weighted by molar-refractivity contribution is 0.0990. The van der Waals surface area contributed by atoms with E-state index >= 15 is 0 Å². The van der Waals surface area contributed by atoms with Gasteiger partial charge in [-0.2, -0.15) is 9.97 Å². The summed E-state index contributed by atoms with van der Waals surface area (Å²) in [6.45, 7) is 8.87. The number of anilines is 2. The van der Waals surface area contributed by atoms with E-state index in [-0.39, 0.29) is 29.2 Å². The molecule has 0 spiro atoms. The van der Waals surface area contributed by atoms with Gasteiger partial charge in [-0.15, -0.1) is 0 Å². The minimum Gasteiger partial charge on any atom is -0.479 e. The smallest absolute Gasteiger partial charge is 0.291 e. The average molecular weight is 457 g/mol. The number of aryl methyl sites for hydroxylation is 1. The third-order valence-corrected chi connectivity index (χ3v) is 6.79. The largest absolute Gasteiger partial charge is 0.479 e. The molecule has 2 aromatic heterocycles. The lowest BCUT2D eigenvalue weighted by Crippen LogP contribution is -2.37. The number of nitrogens with one attached hydrogen (secondary N) is 2. The molecule has 0 radical (unpaired) electrons. The molecule has 0 atom stereocenters. The van der Waals surface area contributed by atoms with Crippen molar-refractivity contribution in [1.82, 2.24) is 9.97 Å². The van der Waals surface area contributed by atoms with E-state index in [1.165, 1.54) is 25.5 Å². The number of aromatic nitrogens is 2. The molecular weight excluding hydrogens is 428 g/mol. The summed E-state index contributed by atoms with van der Waals surface area (Å²) in [4.78, 5) is 21.1. The molecule has 3 aromatic rings. The van der Waals surface area contributed by atoms with Crippen LogP contribution in [-0.2, 0) is 0 Å². The van der Waals surface area contributed by atoms with Crippen molar-refractivity contribution in [3.05, 3.63) is 41.7 Å². The van der Waals surface area contributed by atoms with Crippen LogP contribution >= 0.6 is 0 Å². The van der Waals surface area contributed by atoms with E-state index in [1.54, 1.807) is 13.1 Å². The predicted molar refractivity (Wildman–Crippen MR) is 126 cm³/mol. The van der Waals surface area contributed by atoms with Crippen molar-refractivity contribution in [2.75, 3.05) is 31.9 Å². The normalized spacial score (nSPS) is 11.1. The number of benzene rings is 1. The van der Waals surface area contributed by atoms with E-state index in [2.05, 4.69) is 52.4 Å². The van der Waals surface area contributed by atoms with Gasteiger partial charge in [-0.1, -0.05) is 37.0 Å². The average Bonchev–Trinajstić information content (AvgIpc) is 3.23. The van der Waals surface area contributed by atoms with Crippen molar-refractivity contribution in [3.8, 4) is 23.5 Å². The summed E-state index contributed by atoms with van der Waals surface area (Å²) in [6, 6.07) is 9.28. The Morgan fingerprint density at radius 3 is 2.22 bits per heavy atom. The molecule has 1 aromatic carbocycles. The van der Waals surface area contributed by atoms with Gasteiger partial charge in [-0.05, 0) is 24.6 Å². The third kappa shape index (κ3) is 5.02. The van der Waals surface area contributed by atoms with E-state index in [4.69, 9.17) is 18.6 Å². The minimum atomic E-state index is -1.42. The summed E-state index contributed by atoms with van der Waals surface area (Å²) in [5.74, 6) is 1.00. The Hall–Kier alpha value is -3.53. The molecule has 1 amide bonds. The molecule has 2 N–H and O–H groups in total. The maximum Gasteiger partial charge on any atom is 0.291 e. The molecule has 170 valence electrons. The van der Waals surface area contributed by atoms with Crippen molar-refractivity contribution in [2.24, 2.45) is 0 Å². The molecule has 10 heteroatoms. The van der Waals surface area contributed by atoms with Crippen LogP contribution in [-0.4, -0.2) is 45.2 Å². The first-order valence-corrected chi connectivity index (χ1v) is 13.5. The summed E-state index contributed by atoms with van der Waals surface area (Å²) >= 11 is 0. The Morgan fingerprint density at radius 1 is 1.03 bits per heavy atom. The predicted octanol–water partition coefficient (Wildman–Crippen LogP) is 4.03. The van der Waals surface area contributed by atoms with Crippen LogP contribution in [0.5, 0.6) is 23.5 Å². The van der Waals surface area contributed by atoms with Crippen LogP contribution in [0.2, 0.25) is 19.6 Å². The molecule has 0 unspecified atom stereocenters. The number of ether oxygens (including phenoxy) is 3. The third-order valence-electron chi connectivity index (χ3n) is 4.75. The lowest BCUT2D eigenvalue weighted by atomic mass is 10.2. The number of carbonyl (C=O) groups excluding carboxylic acids is 1. The lowest BCUT2D eigenvalue weighted by Gasteiger charge is -2.18. The fourth-order valence-electron chi connectivity index (χ4n) is 2.95. The molecule has 0 saturated carbocycles. The minimum absolute atomic E-state index is 0.0539. The first kappa shape index (κ1) is 23.1. The second-order valence-electron chi connectivity index (χ2n) is 8.10. The quantitative estimate of drug-likeness (QED) is 0.489. The summed E-state index contributed by atoms with van der Waals surface area (Å²) in [5, 5.41) is 6.82. The highest BCUT2D eigenvalue weighted by molar-refractivity contribution is 6.88. The van der Waals surface area contributed by atoms with E-state index < -0.39 is 14.0 Å². The van der Waals surface area contributed by atoms with Crippen molar-refractivity contribution >= 4 is 30.8 Å². The van der Waals surface area contributed by atoms with Crippen molar-refractivity contribution in [1.29, 1.82) is 0 Å². The van der Waals surface area contributed by atoms with Crippen molar-refractivity contribution < 1.29 is 23.4 Å². The second kappa shape index (κ2) is 9.31. The SMILES string of the molecule is CNc1nc(OC)c(NC(=O)c2ccc(Oc3ccc([Si](C)(C)C)cc3C)o2)c(OC)n1. The van der Waals surface area contributed by atoms with Gasteiger partial charge in [0.1, 0.15) is 5.75 Å². The fourth-order valence-corrected chi connectivity index (χ4v) is 4.18. The Morgan fingerprint density at radius 2 is 1.69 bits per heavy atom. The zero-order valence-corrected chi connectivity index (χ0v) is 20.3. The van der Waals surface area contributed by atoms with Gasteiger partial charge in [0.2, 0.25) is 17.7 Å². The fraction of sp³-hybridized carbons (Fsp3) is 0.318. The Kier molecular flexibility index (Phi) is 6.73.